The van der Waals surface area contributed by atoms with E-state index in [0.29, 0.717) is 5.56 Å². The summed E-state index contributed by atoms with van der Waals surface area (Å²) in [7, 11) is 0. The highest BCUT2D eigenvalue weighted by atomic mass is 16.5. The van der Waals surface area contributed by atoms with Crippen molar-refractivity contribution in [3.63, 3.8) is 0 Å². The number of aliphatic hydroxyl groups is 2. The zero-order valence-corrected chi connectivity index (χ0v) is 20.3. The summed E-state index contributed by atoms with van der Waals surface area (Å²) in [6.07, 6.45) is 4.04. The van der Waals surface area contributed by atoms with Crippen molar-refractivity contribution in [1.82, 2.24) is 20.9 Å². The smallest absolute Gasteiger partial charge is 0.347 e. The number of rotatable bonds is 4. The van der Waals surface area contributed by atoms with Crippen molar-refractivity contribution in [2.75, 3.05) is 13.1 Å². The lowest BCUT2D eigenvalue weighted by Gasteiger charge is -2.41. The maximum absolute atomic E-state index is 13.4. The van der Waals surface area contributed by atoms with E-state index in [2.05, 4.69) is 20.9 Å². The molecule has 196 valence electrons. The fourth-order valence-corrected chi connectivity index (χ4v) is 6.65. The minimum absolute atomic E-state index is 0.0284. The van der Waals surface area contributed by atoms with Crippen LogP contribution in [-0.2, 0) is 22.4 Å². The first kappa shape index (κ1) is 23.7. The van der Waals surface area contributed by atoms with E-state index < -0.39 is 35.5 Å². The van der Waals surface area contributed by atoms with E-state index in [0.717, 1.165) is 41.7 Å². The third kappa shape index (κ3) is 3.33. The van der Waals surface area contributed by atoms with Crippen molar-refractivity contribution in [2.24, 2.45) is 11.5 Å². The number of fused-ring (bicyclic) bond motifs is 1. The molecule has 5 aliphatic rings. The average Bonchev–Trinajstić information content (AvgIpc) is 3.46. The molecule has 1 aromatic carbocycles. The van der Waals surface area contributed by atoms with Crippen LogP contribution >= 0.6 is 0 Å². The Bertz CT molecular complexity index is 1260. The number of nitrogens with two attached hydrogens (primary N) is 2. The van der Waals surface area contributed by atoms with E-state index in [-0.39, 0.29) is 49.7 Å². The van der Waals surface area contributed by atoms with Crippen LogP contribution in [0.3, 0.4) is 0 Å². The summed E-state index contributed by atoms with van der Waals surface area (Å²) in [6.45, 7) is -0.0663. The number of hydrogen-bond donors (Lipinski definition) is 8. The number of nitrogens with zero attached hydrogens (tertiary/aromatic N) is 2. The van der Waals surface area contributed by atoms with Gasteiger partial charge in [0.1, 0.15) is 12.1 Å². The van der Waals surface area contributed by atoms with Gasteiger partial charge in [-0.2, -0.15) is 0 Å². The minimum atomic E-state index is -2.54. The van der Waals surface area contributed by atoms with E-state index in [4.69, 9.17) is 11.5 Å². The van der Waals surface area contributed by atoms with Gasteiger partial charge in [-0.25, -0.2) is 9.89 Å². The van der Waals surface area contributed by atoms with Gasteiger partial charge in [-0.15, -0.1) is 0 Å². The Balaban J connectivity index is 1.32. The molecule has 10 N–H and O–H groups in total. The molecule has 1 aliphatic carbocycles. The number of carbonyl (C=O) groups is 3. The molecule has 0 saturated carbocycles. The molecule has 1 unspecified atom stereocenters. The molecule has 0 bridgehead atoms. The first-order chi connectivity index (χ1) is 17.6. The van der Waals surface area contributed by atoms with Gasteiger partial charge in [0.05, 0.1) is 13.1 Å². The van der Waals surface area contributed by atoms with E-state index >= 15 is 0 Å². The molecule has 4 heterocycles. The zero-order chi connectivity index (χ0) is 26.1. The highest BCUT2D eigenvalue weighted by Gasteiger charge is 2.78. The molecular formula is C24H32N8O5+2. The van der Waals surface area contributed by atoms with E-state index in [1.54, 1.807) is 6.07 Å². The number of benzene rings is 1. The Morgan fingerprint density at radius 2 is 1.89 bits per heavy atom. The molecule has 6 rings (SSSR count). The van der Waals surface area contributed by atoms with Gasteiger partial charge in [-0.05, 0) is 42.9 Å². The van der Waals surface area contributed by atoms with Crippen molar-refractivity contribution >= 4 is 29.6 Å². The van der Waals surface area contributed by atoms with Crippen molar-refractivity contribution in [3.05, 3.63) is 34.9 Å². The third-order valence-electron chi connectivity index (χ3n) is 8.43. The van der Waals surface area contributed by atoms with Gasteiger partial charge in [-0.1, -0.05) is 12.1 Å². The number of hydrogen-bond acceptors (Lipinski definition) is 9. The van der Waals surface area contributed by atoms with Crippen LogP contribution in [0.25, 0.3) is 0 Å². The zero-order valence-electron chi connectivity index (χ0n) is 20.3. The predicted octanol–water partition coefficient (Wildman–Crippen LogP) is -5.13. The molecule has 1 aromatic rings. The Hall–Kier alpha value is -3.71. The summed E-state index contributed by atoms with van der Waals surface area (Å²) >= 11 is 0. The van der Waals surface area contributed by atoms with Crippen molar-refractivity contribution in [3.8, 4) is 0 Å². The van der Waals surface area contributed by atoms with Gasteiger partial charge in [0.2, 0.25) is 11.8 Å². The number of guanidine groups is 2. The standard InChI is InChI=1S/C24H30N8O5/c25-21-29-19-15(10-31-17(33)8-9-18(31)34)27-22(26)32-11-16(24(36,37)23(19,32)30-21)28-20(35)14-7-3-5-12-4-1-2-6-13(12)14/h3,5,7,15-16,19,36-37H,1-2,4,6,8-11H2,(H6,25,26,27,28,29,30,35)/p+2/t15-,16?,19-,23-/m0/s1. The van der Waals surface area contributed by atoms with Gasteiger partial charge in [0.15, 0.2) is 6.04 Å². The van der Waals surface area contributed by atoms with Crippen LogP contribution in [0.2, 0.25) is 0 Å². The lowest BCUT2D eigenvalue weighted by molar-refractivity contribution is -0.674. The van der Waals surface area contributed by atoms with E-state index in [1.165, 1.54) is 4.58 Å². The second kappa shape index (κ2) is 8.15. The van der Waals surface area contributed by atoms with Crippen LogP contribution in [0.4, 0.5) is 0 Å². The Morgan fingerprint density at radius 1 is 1.16 bits per heavy atom. The van der Waals surface area contributed by atoms with Crippen molar-refractivity contribution < 1.29 is 34.2 Å². The first-order valence-corrected chi connectivity index (χ1v) is 12.7. The second-order valence-electron chi connectivity index (χ2n) is 10.5. The molecule has 3 amide bonds. The van der Waals surface area contributed by atoms with Gasteiger partial charge >= 0.3 is 11.9 Å². The monoisotopic (exact) mass is 512 g/mol. The highest BCUT2D eigenvalue weighted by Crippen LogP contribution is 2.38. The molecule has 0 aromatic heterocycles. The normalized spacial score (nSPS) is 31.8. The molecule has 4 atom stereocenters. The van der Waals surface area contributed by atoms with Crippen LogP contribution in [0.1, 0.15) is 47.2 Å². The number of aryl methyl sites for hydroxylation is 1. The summed E-state index contributed by atoms with van der Waals surface area (Å²) in [4.78, 5) is 42.1. The van der Waals surface area contributed by atoms with Gasteiger partial charge in [0.25, 0.3) is 17.4 Å². The average molecular weight is 513 g/mol. The quantitative estimate of drug-likeness (QED) is 0.110. The first-order valence-electron chi connectivity index (χ1n) is 12.7. The molecule has 37 heavy (non-hydrogen) atoms. The molecule has 1 spiro atoms. The van der Waals surface area contributed by atoms with Crippen LogP contribution in [-0.4, -0.2) is 92.0 Å². The molecular weight excluding hydrogens is 480 g/mol. The van der Waals surface area contributed by atoms with E-state index in [9.17, 15) is 24.6 Å². The second-order valence-corrected chi connectivity index (χ2v) is 10.5. The lowest BCUT2D eigenvalue weighted by Crippen LogP contribution is -2.92. The van der Waals surface area contributed by atoms with Gasteiger partial charge in [-0.3, -0.25) is 41.1 Å². The molecule has 13 nitrogen and oxygen atoms in total. The Kier molecular flexibility index (Phi) is 5.21. The molecule has 2 saturated heterocycles. The number of carbonyl (C=O) groups excluding carboxylic acids is 3. The van der Waals surface area contributed by atoms with Gasteiger partial charge < -0.3 is 15.5 Å². The molecule has 2 fully saturated rings. The molecule has 13 heteroatoms. The highest BCUT2D eigenvalue weighted by molar-refractivity contribution is 6.02. The number of nitrogens with one attached hydrogen (secondary N) is 4. The Morgan fingerprint density at radius 3 is 2.65 bits per heavy atom. The van der Waals surface area contributed by atoms with Crippen LogP contribution in [0.15, 0.2) is 18.2 Å². The summed E-state index contributed by atoms with van der Waals surface area (Å²) < 4.78 is 1.53. The fraction of sp³-hybridized carbons (Fsp3) is 0.542. The lowest BCUT2D eigenvalue weighted by atomic mass is 9.84. The minimum Gasteiger partial charge on any atom is -0.358 e. The fourth-order valence-electron chi connectivity index (χ4n) is 6.65. The molecule has 4 aliphatic heterocycles. The topological polar surface area (TPSA) is 200 Å². The maximum atomic E-state index is 13.4. The summed E-state index contributed by atoms with van der Waals surface area (Å²) in [6, 6.07) is 2.97. The third-order valence-corrected chi connectivity index (χ3v) is 8.43. The van der Waals surface area contributed by atoms with Crippen LogP contribution in [0, 0.1) is 0 Å². The number of amides is 3. The van der Waals surface area contributed by atoms with Crippen LogP contribution in [0.5, 0.6) is 0 Å². The van der Waals surface area contributed by atoms with Crippen molar-refractivity contribution in [2.45, 2.75) is 68.1 Å². The Labute approximate surface area is 212 Å². The molecule has 0 radical (unpaired) electrons. The number of likely N-dealkylation sites (tertiary alicyclic amines) is 1. The van der Waals surface area contributed by atoms with Crippen LogP contribution < -0.4 is 32.4 Å². The SMILES string of the molecule is NC1=[NH+][C@H]2[C@H](CN3C(=O)CCC3=O)NC(N)=[N+]3CC(NC(=O)c4cccc5c4CCCC5)C(O)(O)[C@]23N1. The van der Waals surface area contributed by atoms with Crippen molar-refractivity contribution in [1.29, 1.82) is 0 Å². The van der Waals surface area contributed by atoms with E-state index in [1.807, 2.05) is 12.1 Å². The summed E-state index contributed by atoms with van der Waals surface area (Å²) in [5, 5.41) is 32.2. The maximum Gasteiger partial charge on any atom is 0.347 e. The summed E-state index contributed by atoms with van der Waals surface area (Å²) in [5.74, 6) is -3.36. The largest absolute Gasteiger partial charge is 0.358 e. The van der Waals surface area contributed by atoms with Gasteiger partial charge in [0, 0.05) is 18.4 Å². The number of imide groups is 1. The summed E-state index contributed by atoms with van der Waals surface area (Å²) in [5.41, 5.74) is 13.4. The predicted molar refractivity (Wildman–Crippen MR) is 129 cm³/mol.